The summed E-state index contributed by atoms with van der Waals surface area (Å²) in [6.07, 6.45) is 0. The first kappa shape index (κ1) is 16.8. The molecule has 0 aliphatic carbocycles. The van der Waals surface area contributed by atoms with Crippen LogP contribution in [-0.4, -0.2) is 24.5 Å². The van der Waals surface area contributed by atoms with Crippen LogP contribution >= 0.6 is 0 Å². The molecule has 1 aromatic heterocycles. The number of rotatable bonds is 4. The van der Waals surface area contributed by atoms with Gasteiger partial charge in [-0.15, -0.1) is 5.10 Å². The van der Waals surface area contributed by atoms with Crippen molar-refractivity contribution in [3.63, 3.8) is 0 Å². The van der Waals surface area contributed by atoms with Crippen molar-refractivity contribution in [1.82, 2.24) is 10.2 Å². The number of carbonyl (C=O) groups excluding carboxylic acids is 1. The molecule has 128 valence electrons. The van der Waals surface area contributed by atoms with Gasteiger partial charge in [0.25, 0.3) is 10.0 Å². The van der Waals surface area contributed by atoms with E-state index >= 15 is 0 Å². The molecule has 0 saturated heterocycles. The quantitative estimate of drug-likeness (QED) is 0.748. The molecule has 0 unspecified atom stereocenters. The lowest BCUT2D eigenvalue weighted by molar-refractivity contribution is -0.114. The fraction of sp³-hybridized carbons (Fsp3) is 0.118. The average molecular weight is 356 g/mol. The summed E-state index contributed by atoms with van der Waals surface area (Å²) >= 11 is 0. The molecule has 0 fully saturated rings. The summed E-state index contributed by atoms with van der Waals surface area (Å²) in [7, 11) is -3.83. The summed E-state index contributed by atoms with van der Waals surface area (Å²) in [5.41, 5.74) is 1.24. The Hall–Kier alpha value is -3.00. The molecule has 3 rings (SSSR count). The molecule has 1 heterocycles. The monoisotopic (exact) mass is 356 g/mol. The van der Waals surface area contributed by atoms with Gasteiger partial charge < -0.3 is 5.32 Å². The standard InChI is InChI=1S/C17H16N4O3S/c1-11-15-5-3-4-6-16(15)17(20-19-11)21-25(23,24)14-9-7-13(8-10-14)18-12(2)22/h3-10H,1-2H3,(H,18,22)(H,20,21). The second-order valence-electron chi connectivity index (χ2n) is 5.49. The van der Waals surface area contributed by atoms with Crippen LogP contribution in [0.2, 0.25) is 0 Å². The van der Waals surface area contributed by atoms with E-state index in [9.17, 15) is 13.2 Å². The Morgan fingerprint density at radius 1 is 0.960 bits per heavy atom. The Morgan fingerprint density at radius 3 is 2.24 bits per heavy atom. The molecule has 8 heteroatoms. The molecule has 0 bridgehead atoms. The highest BCUT2D eigenvalue weighted by Crippen LogP contribution is 2.25. The normalized spacial score (nSPS) is 11.3. The predicted molar refractivity (Wildman–Crippen MR) is 95.8 cm³/mol. The van der Waals surface area contributed by atoms with Crippen molar-refractivity contribution in [2.45, 2.75) is 18.7 Å². The first-order chi connectivity index (χ1) is 11.9. The van der Waals surface area contributed by atoms with E-state index in [1.165, 1.54) is 31.2 Å². The maximum atomic E-state index is 12.6. The minimum Gasteiger partial charge on any atom is -0.326 e. The molecule has 2 N–H and O–H groups in total. The summed E-state index contributed by atoms with van der Waals surface area (Å²) in [5, 5.41) is 12.1. The number of benzene rings is 2. The molecular weight excluding hydrogens is 340 g/mol. The van der Waals surface area contributed by atoms with E-state index in [1.54, 1.807) is 6.07 Å². The Balaban J connectivity index is 1.94. The third-order valence-corrected chi connectivity index (χ3v) is 4.94. The van der Waals surface area contributed by atoms with Crippen molar-refractivity contribution in [2.24, 2.45) is 0 Å². The van der Waals surface area contributed by atoms with Crippen LogP contribution in [0.5, 0.6) is 0 Å². The summed E-state index contributed by atoms with van der Waals surface area (Å²) in [6, 6.07) is 13.2. The fourth-order valence-corrected chi connectivity index (χ4v) is 3.44. The Bertz CT molecular complexity index is 1050. The van der Waals surface area contributed by atoms with Gasteiger partial charge in [0, 0.05) is 23.4 Å². The highest BCUT2D eigenvalue weighted by molar-refractivity contribution is 7.92. The Labute approximate surface area is 145 Å². The first-order valence-corrected chi connectivity index (χ1v) is 8.97. The highest BCUT2D eigenvalue weighted by atomic mass is 32.2. The lowest BCUT2D eigenvalue weighted by Crippen LogP contribution is -2.15. The molecule has 3 aromatic rings. The van der Waals surface area contributed by atoms with Crippen LogP contribution in [0.1, 0.15) is 12.6 Å². The van der Waals surface area contributed by atoms with Gasteiger partial charge in [-0.05, 0) is 31.2 Å². The Morgan fingerprint density at radius 2 is 1.60 bits per heavy atom. The summed E-state index contributed by atoms with van der Waals surface area (Å²) < 4.78 is 27.7. The molecule has 0 spiro atoms. The van der Waals surface area contributed by atoms with Crippen molar-refractivity contribution in [3.05, 3.63) is 54.2 Å². The number of nitrogens with zero attached hydrogens (tertiary/aromatic N) is 2. The number of carbonyl (C=O) groups is 1. The number of fused-ring (bicyclic) bond motifs is 1. The third-order valence-electron chi connectivity index (χ3n) is 3.59. The number of anilines is 2. The molecule has 7 nitrogen and oxygen atoms in total. The smallest absolute Gasteiger partial charge is 0.263 e. The van der Waals surface area contributed by atoms with Crippen LogP contribution in [0.25, 0.3) is 10.8 Å². The second kappa shape index (κ2) is 6.48. The van der Waals surface area contributed by atoms with Gasteiger partial charge in [0.15, 0.2) is 5.82 Å². The topological polar surface area (TPSA) is 101 Å². The van der Waals surface area contributed by atoms with Gasteiger partial charge >= 0.3 is 0 Å². The van der Waals surface area contributed by atoms with Gasteiger partial charge in [-0.25, -0.2) is 8.42 Å². The molecular formula is C17H16N4O3S. The van der Waals surface area contributed by atoms with Gasteiger partial charge in [0.1, 0.15) is 0 Å². The zero-order valence-corrected chi connectivity index (χ0v) is 14.5. The maximum Gasteiger partial charge on any atom is 0.263 e. The fourth-order valence-electron chi connectivity index (χ4n) is 2.42. The molecule has 25 heavy (non-hydrogen) atoms. The second-order valence-corrected chi connectivity index (χ2v) is 7.17. The predicted octanol–water partition coefficient (Wildman–Crippen LogP) is 2.70. The number of sulfonamides is 1. The Kier molecular flexibility index (Phi) is 4.37. The maximum absolute atomic E-state index is 12.6. The molecule has 0 saturated carbocycles. The molecule has 0 radical (unpaired) electrons. The van der Waals surface area contributed by atoms with Crippen molar-refractivity contribution in [3.8, 4) is 0 Å². The molecule has 0 aliphatic heterocycles. The zero-order chi connectivity index (χ0) is 18.0. The van der Waals surface area contributed by atoms with Crippen LogP contribution in [-0.2, 0) is 14.8 Å². The lowest BCUT2D eigenvalue weighted by atomic mass is 10.1. The SMILES string of the molecule is CC(=O)Nc1ccc(S(=O)(=O)Nc2nnc(C)c3ccccc23)cc1. The largest absolute Gasteiger partial charge is 0.326 e. The molecule has 0 aliphatic rings. The van der Waals surface area contributed by atoms with Crippen molar-refractivity contribution in [2.75, 3.05) is 10.0 Å². The van der Waals surface area contributed by atoms with Crippen molar-refractivity contribution < 1.29 is 13.2 Å². The van der Waals surface area contributed by atoms with Gasteiger partial charge in [-0.3, -0.25) is 9.52 Å². The number of aromatic nitrogens is 2. The average Bonchev–Trinajstić information content (AvgIpc) is 2.57. The van der Waals surface area contributed by atoms with Gasteiger partial charge in [-0.2, -0.15) is 5.10 Å². The summed E-state index contributed by atoms with van der Waals surface area (Å²) in [6.45, 7) is 3.20. The summed E-state index contributed by atoms with van der Waals surface area (Å²) in [4.78, 5) is 11.1. The number of amides is 1. The van der Waals surface area contributed by atoms with Crippen LogP contribution in [0.3, 0.4) is 0 Å². The molecule has 0 atom stereocenters. The number of hydrogen-bond acceptors (Lipinski definition) is 5. The van der Waals surface area contributed by atoms with E-state index in [2.05, 4.69) is 20.2 Å². The van der Waals surface area contributed by atoms with E-state index in [1.807, 2.05) is 25.1 Å². The summed E-state index contributed by atoms with van der Waals surface area (Å²) in [5.74, 6) is -0.0535. The van der Waals surface area contributed by atoms with Crippen molar-refractivity contribution in [1.29, 1.82) is 0 Å². The molecule has 1 amide bonds. The van der Waals surface area contributed by atoms with Crippen LogP contribution in [0.4, 0.5) is 11.5 Å². The number of hydrogen-bond donors (Lipinski definition) is 2. The minimum absolute atomic E-state index is 0.0630. The van der Waals surface area contributed by atoms with Crippen LogP contribution in [0.15, 0.2) is 53.4 Å². The van der Waals surface area contributed by atoms with Gasteiger partial charge in [0.2, 0.25) is 5.91 Å². The van der Waals surface area contributed by atoms with Crippen molar-refractivity contribution >= 4 is 38.2 Å². The minimum atomic E-state index is -3.83. The van der Waals surface area contributed by atoms with E-state index in [0.717, 1.165) is 11.1 Å². The van der Waals surface area contributed by atoms with Crippen LogP contribution in [0, 0.1) is 6.92 Å². The van der Waals surface area contributed by atoms with E-state index in [0.29, 0.717) is 11.1 Å². The van der Waals surface area contributed by atoms with E-state index < -0.39 is 10.0 Å². The zero-order valence-electron chi connectivity index (χ0n) is 13.6. The molecule has 2 aromatic carbocycles. The van der Waals surface area contributed by atoms with Crippen LogP contribution < -0.4 is 10.0 Å². The first-order valence-electron chi connectivity index (χ1n) is 7.49. The highest BCUT2D eigenvalue weighted by Gasteiger charge is 2.17. The lowest BCUT2D eigenvalue weighted by Gasteiger charge is -2.11. The third kappa shape index (κ3) is 3.58. The number of aryl methyl sites for hydroxylation is 1. The van der Waals surface area contributed by atoms with Gasteiger partial charge in [-0.1, -0.05) is 24.3 Å². The van der Waals surface area contributed by atoms with E-state index in [-0.39, 0.29) is 16.6 Å². The van der Waals surface area contributed by atoms with Gasteiger partial charge in [0.05, 0.1) is 10.6 Å². The number of nitrogens with one attached hydrogen (secondary N) is 2. The van der Waals surface area contributed by atoms with E-state index in [4.69, 9.17) is 0 Å².